The molecule has 1 aliphatic heterocycles. The number of ether oxygens (including phenoxy) is 1. The summed E-state index contributed by atoms with van der Waals surface area (Å²) in [6, 6.07) is 22.3. The zero-order valence-corrected chi connectivity index (χ0v) is 19.3. The van der Waals surface area contributed by atoms with Crippen molar-refractivity contribution in [3.8, 4) is 5.75 Å². The fourth-order valence-corrected chi connectivity index (χ4v) is 4.20. The van der Waals surface area contributed by atoms with Gasteiger partial charge >= 0.3 is 6.03 Å². The van der Waals surface area contributed by atoms with E-state index in [4.69, 9.17) is 4.74 Å². The molecular weight excluding hydrogens is 410 g/mol. The van der Waals surface area contributed by atoms with Gasteiger partial charge in [0.1, 0.15) is 5.75 Å². The van der Waals surface area contributed by atoms with Crippen molar-refractivity contribution in [3.05, 3.63) is 95.8 Å². The second kappa shape index (κ2) is 10.8. The number of nitrogens with zero attached hydrogens (tertiary/aromatic N) is 2. The van der Waals surface area contributed by atoms with Crippen LogP contribution in [-0.4, -0.2) is 35.1 Å². The minimum atomic E-state index is -0.0725. The van der Waals surface area contributed by atoms with Crippen molar-refractivity contribution in [1.82, 2.24) is 9.88 Å². The van der Waals surface area contributed by atoms with Gasteiger partial charge in [-0.2, -0.15) is 0 Å². The second-order valence-corrected chi connectivity index (χ2v) is 8.68. The van der Waals surface area contributed by atoms with Crippen molar-refractivity contribution in [3.63, 3.8) is 0 Å². The Morgan fingerprint density at radius 1 is 1.18 bits per heavy atom. The Balaban J connectivity index is 1.35. The molecule has 33 heavy (non-hydrogen) atoms. The van der Waals surface area contributed by atoms with E-state index in [0.29, 0.717) is 19.0 Å². The number of carbonyl (C=O) groups is 1. The zero-order valence-electron chi connectivity index (χ0n) is 19.3. The van der Waals surface area contributed by atoms with Crippen LogP contribution in [-0.2, 0) is 6.42 Å². The Kier molecular flexibility index (Phi) is 7.40. The number of urea groups is 1. The van der Waals surface area contributed by atoms with E-state index in [0.717, 1.165) is 29.8 Å². The molecule has 1 aromatic heterocycles. The Bertz CT molecular complexity index is 1080. The van der Waals surface area contributed by atoms with Crippen LogP contribution in [0.25, 0.3) is 6.08 Å². The summed E-state index contributed by atoms with van der Waals surface area (Å²) in [6.45, 7) is 5.68. The van der Waals surface area contributed by atoms with Gasteiger partial charge in [0.25, 0.3) is 0 Å². The lowest BCUT2D eigenvalue weighted by molar-refractivity contribution is 0.198. The molecule has 2 amide bonds. The molecule has 2 atom stereocenters. The summed E-state index contributed by atoms with van der Waals surface area (Å²) < 4.78 is 6.18. The first-order valence-corrected chi connectivity index (χ1v) is 11.5. The quantitative estimate of drug-likeness (QED) is 0.507. The van der Waals surface area contributed by atoms with Crippen LogP contribution in [0.3, 0.4) is 0 Å². The van der Waals surface area contributed by atoms with Gasteiger partial charge in [0.05, 0.1) is 18.0 Å². The molecule has 2 aromatic carbocycles. The van der Waals surface area contributed by atoms with Crippen LogP contribution >= 0.6 is 0 Å². The fraction of sp³-hybridized carbons (Fsp3) is 0.286. The molecule has 4 rings (SSSR count). The molecule has 2 unspecified atom stereocenters. The second-order valence-electron chi connectivity index (χ2n) is 8.68. The highest BCUT2D eigenvalue weighted by Gasteiger charge is 2.24. The number of anilines is 1. The van der Waals surface area contributed by atoms with Gasteiger partial charge in [0.2, 0.25) is 0 Å². The molecule has 1 fully saturated rings. The van der Waals surface area contributed by atoms with Crippen molar-refractivity contribution >= 4 is 17.8 Å². The van der Waals surface area contributed by atoms with E-state index < -0.39 is 0 Å². The lowest BCUT2D eigenvalue weighted by atomic mass is 9.91. The molecule has 0 saturated carbocycles. The van der Waals surface area contributed by atoms with Crippen molar-refractivity contribution < 1.29 is 9.53 Å². The standard InChI is InChI=1S/C28H31N3O2/c1-21-20-31(28(32)30-26-11-7-14-29-19-26)15-13-25(21)17-24-10-6-12-27(18-24)33-22(2)16-23-8-4-3-5-9-23/h3-12,14,17-19,21-22H,13,15-16,20H2,1-2H3,(H,30,32). The summed E-state index contributed by atoms with van der Waals surface area (Å²) in [7, 11) is 0. The average molecular weight is 442 g/mol. The molecule has 170 valence electrons. The van der Waals surface area contributed by atoms with Crippen molar-refractivity contribution in [1.29, 1.82) is 0 Å². The number of aromatic nitrogens is 1. The maximum Gasteiger partial charge on any atom is 0.321 e. The molecule has 1 N–H and O–H groups in total. The largest absolute Gasteiger partial charge is 0.490 e. The molecule has 1 aliphatic rings. The van der Waals surface area contributed by atoms with Crippen molar-refractivity contribution in [2.75, 3.05) is 18.4 Å². The Morgan fingerprint density at radius 3 is 2.79 bits per heavy atom. The van der Waals surface area contributed by atoms with E-state index in [9.17, 15) is 4.79 Å². The molecule has 5 heteroatoms. The lowest BCUT2D eigenvalue weighted by Crippen LogP contribution is -2.42. The third-order valence-electron chi connectivity index (χ3n) is 5.91. The summed E-state index contributed by atoms with van der Waals surface area (Å²) in [5, 5.41) is 2.93. The van der Waals surface area contributed by atoms with Crippen LogP contribution in [0.2, 0.25) is 0 Å². The smallest absolute Gasteiger partial charge is 0.321 e. The minimum Gasteiger partial charge on any atom is -0.490 e. The number of carbonyl (C=O) groups excluding carboxylic acids is 1. The number of hydrogen-bond acceptors (Lipinski definition) is 3. The van der Waals surface area contributed by atoms with E-state index in [1.807, 2.05) is 35.2 Å². The predicted octanol–water partition coefficient (Wildman–Crippen LogP) is 6.05. The van der Waals surface area contributed by atoms with Gasteiger partial charge < -0.3 is 15.0 Å². The maximum absolute atomic E-state index is 12.6. The van der Waals surface area contributed by atoms with Gasteiger partial charge in [-0.3, -0.25) is 4.98 Å². The SMILES string of the molecule is CC(Cc1ccccc1)Oc1cccc(C=C2CCN(C(=O)Nc3cccnc3)CC2C)c1. The van der Waals surface area contributed by atoms with Gasteiger partial charge in [-0.05, 0) is 54.7 Å². The number of pyridine rings is 1. The van der Waals surface area contributed by atoms with Crippen LogP contribution < -0.4 is 10.1 Å². The first kappa shape index (κ1) is 22.6. The predicted molar refractivity (Wildman–Crippen MR) is 133 cm³/mol. The summed E-state index contributed by atoms with van der Waals surface area (Å²) in [4.78, 5) is 18.5. The highest BCUT2D eigenvalue weighted by molar-refractivity contribution is 5.89. The lowest BCUT2D eigenvalue weighted by Gasteiger charge is -2.33. The average Bonchev–Trinajstić information content (AvgIpc) is 2.82. The molecule has 0 aliphatic carbocycles. The van der Waals surface area contributed by atoms with Crippen molar-refractivity contribution in [2.45, 2.75) is 32.8 Å². The number of amides is 2. The number of hydrogen-bond donors (Lipinski definition) is 1. The number of likely N-dealkylation sites (tertiary alicyclic amines) is 1. The highest BCUT2D eigenvalue weighted by atomic mass is 16.5. The molecule has 2 heterocycles. The van der Waals surface area contributed by atoms with Gasteiger partial charge in [-0.15, -0.1) is 0 Å². The molecule has 0 bridgehead atoms. The molecule has 0 radical (unpaired) electrons. The van der Waals surface area contributed by atoms with Crippen LogP contribution in [0.4, 0.5) is 10.5 Å². The summed E-state index contributed by atoms with van der Waals surface area (Å²) >= 11 is 0. The zero-order chi connectivity index (χ0) is 23.0. The molecule has 0 spiro atoms. The molecule has 5 nitrogen and oxygen atoms in total. The number of piperidine rings is 1. The fourth-order valence-electron chi connectivity index (χ4n) is 4.20. The Morgan fingerprint density at radius 2 is 2.03 bits per heavy atom. The van der Waals surface area contributed by atoms with Crippen LogP contribution in [0, 0.1) is 5.92 Å². The van der Waals surface area contributed by atoms with E-state index >= 15 is 0 Å². The van der Waals surface area contributed by atoms with Crippen molar-refractivity contribution in [2.24, 2.45) is 5.92 Å². The number of nitrogens with one attached hydrogen (secondary N) is 1. The normalized spacial score (nSPS) is 18.1. The summed E-state index contributed by atoms with van der Waals surface area (Å²) in [5.41, 5.74) is 4.48. The first-order valence-electron chi connectivity index (χ1n) is 11.5. The van der Waals surface area contributed by atoms with E-state index in [-0.39, 0.29) is 12.1 Å². The Labute approximate surface area is 196 Å². The third-order valence-corrected chi connectivity index (χ3v) is 5.91. The van der Waals surface area contributed by atoms with E-state index in [1.165, 1.54) is 11.1 Å². The van der Waals surface area contributed by atoms with Crippen LogP contribution in [0.5, 0.6) is 5.75 Å². The van der Waals surface area contributed by atoms with Crippen LogP contribution in [0.15, 0.2) is 84.7 Å². The summed E-state index contributed by atoms with van der Waals surface area (Å²) in [5.74, 6) is 1.17. The number of rotatable bonds is 6. The molecule has 1 saturated heterocycles. The van der Waals surface area contributed by atoms with E-state index in [1.54, 1.807) is 12.4 Å². The number of benzene rings is 2. The molecule has 3 aromatic rings. The van der Waals surface area contributed by atoms with Gasteiger partial charge in [0, 0.05) is 25.7 Å². The van der Waals surface area contributed by atoms with Gasteiger partial charge in [0.15, 0.2) is 0 Å². The summed E-state index contributed by atoms with van der Waals surface area (Å²) in [6.07, 6.45) is 7.43. The van der Waals surface area contributed by atoms with Gasteiger partial charge in [-0.1, -0.05) is 61.0 Å². The van der Waals surface area contributed by atoms with E-state index in [2.05, 4.69) is 66.6 Å². The highest BCUT2D eigenvalue weighted by Crippen LogP contribution is 2.27. The topological polar surface area (TPSA) is 54.5 Å². The Hall–Kier alpha value is -3.60. The van der Waals surface area contributed by atoms with Gasteiger partial charge in [-0.25, -0.2) is 4.79 Å². The monoisotopic (exact) mass is 441 g/mol. The maximum atomic E-state index is 12.6. The third kappa shape index (κ3) is 6.45. The molecular formula is C28H31N3O2. The van der Waals surface area contributed by atoms with Crippen LogP contribution in [0.1, 0.15) is 31.4 Å². The first-order chi connectivity index (χ1) is 16.1. The minimum absolute atomic E-state index is 0.0725.